The SMILES string of the molecule is N#Cc1cccc(-n2[nH]c3c(c2=O)CN(Cc2ccc(Cl)nc2)CC3)c1. The van der Waals surface area contributed by atoms with E-state index < -0.39 is 0 Å². The van der Waals surface area contributed by atoms with Crippen LogP contribution in [0.5, 0.6) is 0 Å². The Morgan fingerprint density at radius 3 is 2.96 bits per heavy atom. The number of aromatic nitrogens is 3. The molecule has 26 heavy (non-hydrogen) atoms. The smallest absolute Gasteiger partial charge is 0.275 e. The molecule has 0 radical (unpaired) electrons. The minimum atomic E-state index is -0.0611. The Hall–Kier alpha value is -2.88. The summed E-state index contributed by atoms with van der Waals surface area (Å²) in [7, 11) is 0. The highest BCUT2D eigenvalue weighted by molar-refractivity contribution is 6.29. The number of nitrogens with zero attached hydrogens (tertiary/aromatic N) is 4. The highest BCUT2D eigenvalue weighted by Gasteiger charge is 2.23. The molecule has 1 aliphatic heterocycles. The quantitative estimate of drug-likeness (QED) is 0.724. The number of hydrogen-bond acceptors (Lipinski definition) is 4. The molecular formula is C19H16ClN5O. The average Bonchev–Trinajstić information content (AvgIpc) is 3.00. The third-order valence-corrected chi connectivity index (χ3v) is 4.78. The number of rotatable bonds is 3. The number of aromatic amines is 1. The van der Waals surface area contributed by atoms with Crippen LogP contribution >= 0.6 is 11.6 Å². The van der Waals surface area contributed by atoms with Gasteiger partial charge in [0.15, 0.2) is 0 Å². The van der Waals surface area contributed by atoms with Crippen LogP contribution in [0.15, 0.2) is 47.4 Å². The second kappa shape index (κ2) is 6.79. The second-order valence-corrected chi connectivity index (χ2v) is 6.71. The van der Waals surface area contributed by atoms with Crippen LogP contribution in [0.4, 0.5) is 0 Å². The Bertz CT molecular complexity index is 1050. The molecule has 0 atom stereocenters. The zero-order valence-electron chi connectivity index (χ0n) is 13.9. The highest BCUT2D eigenvalue weighted by Crippen LogP contribution is 2.18. The van der Waals surface area contributed by atoms with Crippen LogP contribution in [0.25, 0.3) is 5.69 Å². The van der Waals surface area contributed by atoms with E-state index in [4.69, 9.17) is 16.9 Å². The summed E-state index contributed by atoms with van der Waals surface area (Å²) in [6.07, 6.45) is 2.54. The Morgan fingerprint density at radius 1 is 1.31 bits per heavy atom. The first-order valence-electron chi connectivity index (χ1n) is 8.30. The molecule has 0 aliphatic carbocycles. The van der Waals surface area contributed by atoms with E-state index >= 15 is 0 Å². The number of nitriles is 1. The molecule has 1 aromatic carbocycles. The summed E-state index contributed by atoms with van der Waals surface area (Å²) in [4.78, 5) is 19.2. The van der Waals surface area contributed by atoms with Crippen molar-refractivity contribution in [2.75, 3.05) is 6.54 Å². The number of pyridine rings is 1. The van der Waals surface area contributed by atoms with Gasteiger partial charge in [-0.3, -0.25) is 14.8 Å². The van der Waals surface area contributed by atoms with Gasteiger partial charge in [0.1, 0.15) is 5.15 Å². The second-order valence-electron chi connectivity index (χ2n) is 6.32. The molecule has 3 heterocycles. The maximum Gasteiger partial charge on any atom is 0.275 e. The van der Waals surface area contributed by atoms with E-state index in [1.807, 2.05) is 12.1 Å². The Morgan fingerprint density at radius 2 is 2.19 bits per heavy atom. The van der Waals surface area contributed by atoms with E-state index in [1.54, 1.807) is 30.5 Å². The lowest BCUT2D eigenvalue weighted by molar-refractivity contribution is 0.244. The van der Waals surface area contributed by atoms with Gasteiger partial charge in [-0.2, -0.15) is 5.26 Å². The van der Waals surface area contributed by atoms with Gasteiger partial charge in [0, 0.05) is 37.9 Å². The normalized spacial score (nSPS) is 14.0. The van der Waals surface area contributed by atoms with E-state index in [2.05, 4.69) is 21.1 Å². The molecule has 0 spiro atoms. The summed E-state index contributed by atoms with van der Waals surface area (Å²) in [5.41, 5.74) is 3.95. The Balaban J connectivity index is 1.60. The average molecular weight is 366 g/mol. The predicted octanol–water partition coefficient (Wildman–Crippen LogP) is 2.64. The van der Waals surface area contributed by atoms with Gasteiger partial charge in [-0.25, -0.2) is 9.67 Å². The molecule has 0 amide bonds. The van der Waals surface area contributed by atoms with Crippen molar-refractivity contribution in [2.24, 2.45) is 0 Å². The Kier molecular flexibility index (Phi) is 4.33. The van der Waals surface area contributed by atoms with Crippen molar-refractivity contribution in [3.05, 3.63) is 80.5 Å². The summed E-state index contributed by atoms with van der Waals surface area (Å²) in [6.45, 7) is 2.16. The minimum Gasteiger partial charge on any atom is -0.295 e. The summed E-state index contributed by atoms with van der Waals surface area (Å²) in [5.74, 6) is 0. The number of nitrogens with one attached hydrogen (secondary N) is 1. The lowest BCUT2D eigenvalue weighted by Crippen LogP contribution is -2.32. The van der Waals surface area contributed by atoms with Crippen LogP contribution in [0, 0.1) is 11.3 Å². The third kappa shape index (κ3) is 3.15. The molecule has 6 nitrogen and oxygen atoms in total. The van der Waals surface area contributed by atoms with Gasteiger partial charge in [0.05, 0.1) is 22.9 Å². The van der Waals surface area contributed by atoms with Crippen LogP contribution in [0.2, 0.25) is 5.15 Å². The molecule has 0 bridgehead atoms. The minimum absolute atomic E-state index is 0.0611. The molecule has 130 valence electrons. The van der Waals surface area contributed by atoms with Gasteiger partial charge in [-0.05, 0) is 29.8 Å². The van der Waals surface area contributed by atoms with Crippen molar-refractivity contribution in [1.29, 1.82) is 5.26 Å². The van der Waals surface area contributed by atoms with Gasteiger partial charge < -0.3 is 0 Å². The predicted molar refractivity (Wildman–Crippen MR) is 98.2 cm³/mol. The number of H-pyrrole nitrogens is 1. The van der Waals surface area contributed by atoms with Crippen molar-refractivity contribution in [2.45, 2.75) is 19.5 Å². The van der Waals surface area contributed by atoms with E-state index in [-0.39, 0.29) is 5.56 Å². The standard InChI is InChI=1S/C19H16ClN5O/c20-18-5-4-14(10-22-18)11-24-7-6-17-16(12-24)19(26)25(23-17)15-3-1-2-13(8-15)9-21/h1-5,8,10,23H,6-7,11-12H2. The highest BCUT2D eigenvalue weighted by atomic mass is 35.5. The van der Waals surface area contributed by atoms with Gasteiger partial charge in [-0.1, -0.05) is 23.7 Å². The van der Waals surface area contributed by atoms with E-state index in [0.29, 0.717) is 22.9 Å². The summed E-state index contributed by atoms with van der Waals surface area (Å²) in [5, 5.41) is 12.7. The molecule has 0 fully saturated rings. The first-order valence-corrected chi connectivity index (χ1v) is 8.68. The monoisotopic (exact) mass is 365 g/mol. The fourth-order valence-corrected chi connectivity index (χ4v) is 3.36. The van der Waals surface area contributed by atoms with Crippen molar-refractivity contribution in [1.82, 2.24) is 19.7 Å². The van der Waals surface area contributed by atoms with E-state index in [1.165, 1.54) is 4.68 Å². The fraction of sp³-hybridized carbons (Fsp3) is 0.211. The molecule has 0 saturated carbocycles. The molecule has 1 N–H and O–H groups in total. The van der Waals surface area contributed by atoms with E-state index in [0.717, 1.165) is 36.3 Å². The topological polar surface area (TPSA) is 77.7 Å². The van der Waals surface area contributed by atoms with Crippen molar-refractivity contribution < 1.29 is 0 Å². The summed E-state index contributed by atoms with van der Waals surface area (Å²) >= 11 is 5.83. The van der Waals surface area contributed by atoms with Gasteiger partial charge in [-0.15, -0.1) is 0 Å². The number of hydrogen-bond donors (Lipinski definition) is 1. The fourth-order valence-electron chi connectivity index (χ4n) is 3.25. The number of benzene rings is 1. The lowest BCUT2D eigenvalue weighted by Gasteiger charge is -2.25. The van der Waals surface area contributed by atoms with Gasteiger partial charge >= 0.3 is 0 Å². The number of fused-ring (bicyclic) bond motifs is 1. The largest absolute Gasteiger partial charge is 0.295 e. The molecule has 2 aromatic heterocycles. The number of halogens is 1. The van der Waals surface area contributed by atoms with Crippen molar-refractivity contribution in [3.63, 3.8) is 0 Å². The summed E-state index contributed by atoms with van der Waals surface area (Å²) in [6, 6.07) is 12.9. The first-order chi connectivity index (χ1) is 12.6. The van der Waals surface area contributed by atoms with Crippen LogP contribution in [0.1, 0.15) is 22.4 Å². The zero-order chi connectivity index (χ0) is 18.1. The van der Waals surface area contributed by atoms with Crippen molar-refractivity contribution >= 4 is 11.6 Å². The van der Waals surface area contributed by atoms with Gasteiger partial charge in [0.2, 0.25) is 0 Å². The third-order valence-electron chi connectivity index (χ3n) is 4.56. The van der Waals surface area contributed by atoms with Crippen LogP contribution in [0.3, 0.4) is 0 Å². The molecular weight excluding hydrogens is 350 g/mol. The van der Waals surface area contributed by atoms with Crippen LogP contribution < -0.4 is 5.56 Å². The molecule has 3 aromatic rings. The maximum absolute atomic E-state index is 12.8. The zero-order valence-corrected chi connectivity index (χ0v) is 14.7. The van der Waals surface area contributed by atoms with E-state index in [9.17, 15) is 4.79 Å². The molecule has 1 aliphatic rings. The molecule has 0 unspecified atom stereocenters. The lowest BCUT2D eigenvalue weighted by atomic mass is 10.1. The molecule has 0 saturated heterocycles. The van der Waals surface area contributed by atoms with Crippen molar-refractivity contribution in [3.8, 4) is 11.8 Å². The summed E-state index contributed by atoms with van der Waals surface area (Å²) < 4.78 is 1.53. The molecule has 4 rings (SSSR count). The molecule has 7 heteroatoms. The Labute approximate surface area is 155 Å². The van der Waals surface area contributed by atoms with Gasteiger partial charge in [0.25, 0.3) is 5.56 Å². The first kappa shape index (κ1) is 16.6. The van der Waals surface area contributed by atoms with Crippen LogP contribution in [-0.4, -0.2) is 26.2 Å². The van der Waals surface area contributed by atoms with Crippen LogP contribution in [-0.2, 0) is 19.5 Å². The maximum atomic E-state index is 12.8.